The topological polar surface area (TPSA) is 94.2 Å². The number of nitrogens with two attached hydrogens (primary N) is 1. The molecule has 0 bridgehead atoms. The van der Waals surface area contributed by atoms with Crippen molar-refractivity contribution in [2.45, 2.75) is 29.8 Å². The van der Waals surface area contributed by atoms with Crippen LogP contribution in [0.5, 0.6) is 0 Å². The summed E-state index contributed by atoms with van der Waals surface area (Å²) in [6.07, 6.45) is 5.66. The Balaban J connectivity index is 1.61. The second kappa shape index (κ2) is 8.41. The van der Waals surface area contributed by atoms with Gasteiger partial charge in [-0.3, -0.25) is 9.78 Å². The number of pyridine rings is 1. The highest BCUT2D eigenvalue weighted by atomic mass is 32.2. The predicted molar refractivity (Wildman–Crippen MR) is 93.7 cm³/mol. The number of thioether (sulfide) groups is 1. The molecule has 1 aliphatic rings. The third kappa shape index (κ3) is 4.89. The summed E-state index contributed by atoms with van der Waals surface area (Å²) >= 11 is 2.66. The van der Waals surface area contributed by atoms with Crippen LogP contribution >= 0.6 is 23.1 Å². The number of carbonyl (C=O) groups excluding carboxylic acids is 1. The zero-order chi connectivity index (χ0) is 16.8. The number of nitrogens with zero attached hydrogens (tertiary/aromatic N) is 4. The molecule has 0 aliphatic carbocycles. The van der Waals surface area contributed by atoms with Crippen LogP contribution in [-0.2, 0) is 16.1 Å². The first-order valence-corrected chi connectivity index (χ1v) is 9.51. The molecule has 2 N–H and O–H groups in total. The van der Waals surface area contributed by atoms with Gasteiger partial charge in [-0.25, -0.2) is 0 Å². The summed E-state index contributed by atoms with van der Waals surface area (Å²) in [5.74, 6) is 0.369. The third-order valence-corrected chi connectivity index (χ3v) is 5.54. The fourth-order valence-electron chi connectivity index (χ4n) is 2.49. The first-order valence-electron chi connectivity index (χ1n) is 7.71. The minimum Gasteiger partial charge on any atom is -0.376 e. The van der Waals surface area contributed by atoms with Gasteiger partial charge in [0.2, 0.25) is 11.0 Å². The van der Waals surface area contributed by atoms with Gasteiger partial charge in [-0.05, 0) is 30.5 Å². The molecule has 128 valence electrons. The summed E-state index contributed by atoms with van der Waals surface area (Å²) in [5.41, 5.74) is 6.63. The lowest BCUT2D eigenvalue weighted by Gasteiger charge is -2.25. The zero-order valence-corrected chi connectivity index (χ0v) is 14.8. The van der Waals surface area contributed by atoms with E-state index in [0.717, 1.165) is 25.0 Å². The lowest BCUT2D eigenvalue weighted by Crippen LogP contribution is -2.38. The lowest BCUT2D eigenvalue weighted by molar-refractivity contribution is -0.130. The molecule has 9 heteroatoms. The van der Waals surface area contributed by atoms with Crippen molar-refractivity contribution in [2.24, 2.45) is 0 Å². The van der Waals surface area contributed by atoms with Gasteiger partial charge in [-0.15, -0.1) is 10.2 Å². The molecule has 1 aliphatic heterocycles. The van der Waals surface area contributed by atoms with E-state index in [-0.39, 0.29) is 12.0 Å². The van der Waals surface area contributed by atoms with Gasteiger partial charge < -0.3 is 15.4 Å². The molecule has 3 heterocycles. The Labute approximate surface area is 148 Å². The minimum absolute atomic E-state index is 0.0566. The number of aromatic nitrogens is 3. The molecule has 0 saturated carbocycles. The second-order valence-electron chi connectivity index (χ2n) is 5.46. The summed E-state index contributed by atoms with van der Waals surface area (Å²) in [7, 11) is 0. The van der Waals surface area contributed by atoms with Crippen molar-refractivity contribution in [3.05, 3.63) is 30.1 Å². The van der Waals surface area contributed by atoms with E-state index in [9.17, 15) is 4.79 Å². The minimum atomic E-state index is 0.0566. The van der Waals surface area contributed by atoms with Crippen molar-refractivity contribution in [3.63, 3.8) is 0 Å². The molecule has 2 aromatic heterocycles. The van der Waals surface area contributed by atoms with E-state index >= 15 is 0 Å². The van der Waals surface area contributed by atoms with Crippen LogP contribution in [0.25, 0.3) is 0 Å². The lowest BCUT2D eigenvalue weighted by atomic mass is 10.2. The van der Waals surface area contributed by atoms with Crippen molar-refractivity contribution in [1.82, 2.24) is 20.1 Å². The first kappa shape index (κ1) is 17.1. The molecule has 24 heavy (non-hydrogen) atoms. The van der Waals surface area contributed by atoms with Gasteiger partial charge in [0.1, 0.15) is 0 Å². The number of amides is 1. The zero-order valence-electron chi connectivity index (χ0n) is 13.1. The van der Waals surface area contributed by atoms with Crippen LogP contribution in [0.1, 0.15) is 18.4 Å². The van der Waals surface area contributed by atoms with Crippen LogP contribution in [-0.4, -0.2) is 51.0 Å². The van der Waals surface area contributed by atoms with Gasteiger partial charge in [-0.2, -0.15) is 0 Å². The maximum absolute atomic E-state index is 12.7. The number of rotatable bonds is 7. The summed E-state index contributed by atoms with van der Waals surface area (Å²) in [4.78, 5) is 18.5. The van der Waals surface area contributed by atoms with Crippen LogP contribution in [0.3, 0.4) is 0 Å². The van der Waals surface area contributed by atoms with Crippen LogP contribution in [0.15, 0.2) is 28.9 Å². The number of ether oxygens (including phenoxy) is 1. The molecule has 0 unspecified atom stereocenters. The summed E-state index contributed by atoms with van der Waals surface area (Å²) in [6.45, 7) is 1.95. The highest BCUT2D eigenvalue weighted by molar-refractivity contribution is 8.01. The van der Waals surface area contributed by atoms with E-state index in [1.165, 1.54) is 23.1 Å². The Bertz CT molecular complexity index is 661. The molecule has 3 rings (SSSR count). The van der Waals surface area contributed by atoms with Gasteiger partial charge in [0.05, 0.1) is 11.9 Å². The molecule has 1 saturated heterocycles. The average molecular weight is 365 g/mol. The smallest absolute Gasteiger partial charge is 0.233 e. The normalized spacial score (nSPS) is 17.1. The molecule has 0 spiro atoms. The SMILES string of the molecule is Nc1nnc(SCC(=O)N(Cc2ccncc2)C[C@H]2CCCO2)s1. The fourth-order valence-corrected chi connectivity index (χ4v) is 4.03. The van der Waals surface area contributed by atoms with Gasteiger partial charge >= 0.3 is 0 Å². The number of anilines is 1. The van der Waals surface area contributed by atoms with Crippen molar-refractivity contribution in [2.75, 3.05) is 24.6 Å². The number of nitrogen functional groups attached to an aromatic ring is 1. The van der Waals surface area contributed by atoms with Crippen LogP contribution in [0, 0.1) is 0 Å². The summed E-state index contributed by atoms with van der Waals surface area (Å²) in [5, 5.41) is 8.12. The Morgan fingerprint density at radius 2 is 2.25 bits per heavy atom. The van der Waals surface area contributed by atoms with E-state index in [2.05, 4.69) is 15.2 Å². The average Bonchev–Trinajstić information content (AvgIpc) is 3.24. The quantitative estimate of drug-likeness (QED) is 0.748. The van der Waals surface area contributed by atoms with E-state index < -0.39 is 0 Å². The molecule has 7 nitrogen and oxygen atoms in total. The molecule has 1 atom stereocenters. The highest BCUT2D eigenvalue weighted by Crippen LogP contribution is 2.24. The highest BCUT2D eigenvalue weighted by Gasteiger charge is 2.23. The van der Waals surface area contributed by atoms with Crippen molar-refractivity contribution in [3.8, 4) is 0 Å². The van der Waals surface area contributed by atoms with Crippen LogP contribution in [0.2, 0.25) is 0 Å². The maximum atomic E-state index is 12.7. The Hall–Kier alpha value is -1.71. The number of hydrogen-bond acceptors (Lipinski definition) is 8. The van der Waals surface area contributed by atoms with Gasteiger partial charge in [-0.1, -0.05) is 23.1 Å². The van der Waals surface area contributed by atoms with E-state index in [0.29, 0.717) is 28.3 Å². The summed E-state index contributed by atoms with van der Waals surface area (Å²) < 4.78 is 6.40. The largest absolute Gasteiger partial charge is 0.376 e. The van der Waals surface area contributed by atoms with E-state index in [1.54, 1.807) is 12.4 Å². The molecule has 0 aromatic carbocycles. The molecule has 0 radical (unpaired) electrons. The molecular formula is C15H19N5O2S2. The second-order valence-corrected chi connectivity index (χ2v) is 7.69. The number of carbonyl (C=O) groups is 1. The van der Waals surface area contributed by atoms with Crippen molar-refractivity contribution in [1.29, 1.82) is 0 Å². The van der Waals surface area contributed by atoms with Crippen molar-refractivity contribution >= 4 is 34.1 Å². The fraction of sp³-hybridized carbons (Fsp3) is 0.467. The summed E-state index contributed by atoms with van der Waals surface area (Å²) in [6, 6.07) is 3.85. The molecule has 1 fully saturated rings. The molecule has 1 amide bonds. The maximum Gasteiger partial charge on any atom is 0.233 e. The van der Waals surface area contributed by atoms with Gasteiger partial charge in [0, 0.05) is 32.1 Å². The van der Waals surface area contributed by atoms with Crippen molar-refractivity contribution < 1.29 is 9.53 Å². The third-order valence-electron chi connectivity index (χ3n) is 3.66. The Kier molecular flexibility index (Phi) is 6.00. The monoisotopic (exact) mass is 365 g/mol. The van der Waals surface area contributed by atoms with Gasteiger partial charge in [0.25, 0.3) is 0 Å². The number of hydrogen-bond donors (Lipinski definition) is 1. The standard InChI is InChI=1S/C15H19N5O2S2/c16-14-18-19-15(24-14)23-10-13(21)20(9-12-2-1-7-22-12)8-11-3-5-17-6-4-11/h3-6,12H,1-2,7-10H2,(H2,16,18)/t12-/m1/s1. The van der Waals surface area contributed by atoms with Crippen LogP contribution < -0.4 is 5.73 Å². The molecule has 2 aromatic rings. The first-order chi connectivity index (χ1) is 11.7. The van der Waals surface area contributed by atoms with E-state index in [4.69, 9.17) is 10.5 Å². The Morgan fingerprint density at radius 3 is 2.92 bits per heavy atom. The Morgan fingerprint density at radius 1 is 1.42 bits per heavy atom. The van der Waals surface area contributed by atoms with Crippen LogP contribution in [0.4, 0.5) is 5.13 Å². The predicted octanol–water partition coefficient (Wildman–Crippen LogP) is 1.82. The van der Waals surface area contributed by atoms with Gasteiger partial charge in [0.15, 0.2) is 4.34 Å². The van der Waals surface area contributed by atoms with E-state index in [1.807, 2.05) is 17.0 Å². The molecular weight excluding hydrogens is 346 g/mol.